The van der Waals surface area contributed by atoms with Crippen LogP contribution in [-0.4, -0.2) is 30.2 Å². The summed E-state index contributed by atoms with van der Waals surface area (Å²) in [4.78, 5) is 12.0. The van der Waals surface area contributed by atoms with Crippen molar-refractivity contribution >= 4 is 5.91 Å². The van der Waals surface area contributed by atoms with Crippen LogP contribution in [0.1, 0.15) is 36.0 Å². The number of nitrogens with one attached hydrogen (secondary N) is 2. The molecule has 1 heterocycles. The highest BCUT2D eigenvalue weighted by Gasteiger charge is 2.26. The van der Waals surface area contributed by atoms with Crippen LogP contribution in [0.5, 0.6) is 0 Å². The predicted molar refractivity (Wildman–Crippen MR) is 81.9 cm³/mol. The Labute approximate surface area is 125 Å². The van der Waals surface area contributed by atoms with E-state index in [4.69, 9.17) is 0 Å². The number of amides is 1. The van der Waals surface area contributed by atoms with Gasteiger partial charge >= 0.3 is 0 Å². The molecule has 1 saturated heterocycles. The minimum absolute atomic E-state index is 0.0381. The van der Waals surface area contributed by atoms with Crippen LogP contribution in [0.4, 0.5) is 0 Å². The molecule has 0 radical (unpaired) electrons. The molecule has 4 nitrogen and oxygen atoms in total. The fourth-order valence-corrected chi connectivity index (χ4v) is 3.46. The summed E-state index contributed by atoms with van der Waals surface area (Å²) in [6.45, 7) is 1.94. The first kappa shape index (κ1) is 14.5. The van der Waals surface area contributed by atoms with Gasteiger partial charge in [-0.1, -0.05) is 18.2 Å². The summed E-state index contributed by atoms with van der Waals surface area (Å²) in [5.41, 5.74) is 4.14. The molecular formula is C17H24N2O2. The fraction of sp³-hybridized carbons (Fsp3) is 0.588. The van der Waals surface area contributed by atoms with Crippen molar-refractivity contribution in [3.05, 3.63) is 34.9 Å². The van der Waals surface area contributed by atoms with Gasteiger partial charge in [-0.3, -0.25) is 4.79 Å². The van der Waals surface area contributed by atoms with Crippen LogP contribution < -0.4 is 10.6 Å². The van der Waals surface area contributed by atoms with Crippen LogP contribution in [0.2, 0.25) is 0 Å². The number of benzene rings is 1. The number of aliphatic hydroxyl groups excluding tert-OH is 1. The van der Waals surface area contributed by atoms with Crippen LogP contribution in [0.3, 0.4) is 0 Å². The molecule has 3 rings (SSSR count). The highest BCUT2D eigenvalue weighted by Crippen LogP contribution is 2.24. The smallest absolute Gasteiger partial charge is 0.220 e. The zero-order valence-corrected chi connectivity index (χ0v) is 12.4. The van der Waals surface area contributed by atoms with Crippen molar-refractivity contribution in [2.24, 2.45) is 5.92 Å². The van der Waals surface area contributed by atoms with Gasteiger partial charge < -0.3 is 15.7 Å². The standard InChI is InChI=1S/C17H24N2O2/c20-16-11-18-9-14(16)8-17(21)19-10-13-6-3-5-12-4-1-2-7-15(12)13/h3,5-6,14,16,18,20H,1-2,4,7-11H2,(H,19,21)/t14-,16-/m1/s1. The van der Waals surface area contributed by atoms with Gasteiger partial charge in [0.15, 0.2) is 0 Å². The van der Waals surface area contributed by atoms with E-state index in [1.165, 1.54) is 29.5 Å². The van der Waals surface area contributed by atoms with E-state index in [2.05, 4.69) is 28.8 Å². The Morgan fingerprint density at radius 1 is 1.29 bits per heavy atom. The molecule has 0 saturated carbocycles. The average molecular weight is 288 g/mol. The molecule has 4 heteroatoms. The SMILES string of the molecule is O=C(C[C@@H]1CNC[C@H]1O)NCc1cccc2c1CCCC2. The van der Waals surface area contributed by atoms with E-state index in [0.29, 0.717) is 19.5 Å². The number of fused-ring (bicyclic) bond motifs is 1. The van der Waals surface area contributed by atoms with E-state index in [1.54, 1.807) is 0 Å². The Kier molecular flexibility index (Phi) is 4.56. The highest BCUT2D eigenvalue weighted by atomic mass is 16.3. The maximum absolute atomic E-state index is 12.0. The monoisotopic (exact) mass is 288 g/mol. The molecule has 0 spiro atoms. The molecule has 2 aliphatic rings. The van der Waals surface area contributed by atoms with Crippen LogP contribution in [0.15, 0.2) is 18.2 Å². The van der Waals surface area contributed by atoms with E-state index in [0.717, 1.165) is 19.4 Å². The summed E-state index contributed by atoms with van der Waals surface area (Å²) in [5.74, 6) is 0.0888. The van der Waals surface area contributed by atoms with Gasteiger partial charge in [0.1, 0.15) is 0 Å². The fourth-order valence-electron chi connectivity index (χ4n) is 3.46. The Hall–Kier alpha value is -1.39. The number of hydrogen-bond donors (Lipinski definition) is 3. The van der Waals surface area contributed by atoms with E-state index in [9.17, 15) is 9.90 Å². The van der Waals surface area contributed by atoms with E-state index in [-0.39, 0.29) is 17.9 Å². The van der Waals surface area contributed by atoms with Gasteiger partial charge in [-0.05, 0) is 42.4 Å². The van der Waals surface area contributed by atoms with Crippen LogP contribution >= 0.6 is 0 Å². The number of aliphatic hydroxyl groups is 1. The van der Waals surface area contributed by atoms with Gasteiger partial charge in [-0.25, -0.2) is 0 Å². The summed E-state index contributed by atoms with van der Waals surface area (Å²) < 4.78 is 0. The van der Waals surface area contributed by atoms with Crippen molar-refractivity contribution < 1.29 is 9.90 Å². The summed E-state index contributed by atoms with van der Waals surface area (Å²) in [5, 5.41) is 15.9. The second kappa shape index (κ2) is 6.58. The lowest BCUT2D eigenvalue weighted by molar-refractivity contribution is -0.122. The lowest BCUT2D eigenvalue weighted by atomic mass is 9.88. The number of hydrogen-bond acceptors (Lipinski definition) is 3. The molecular weight excluding hydrogens is 264 g/mol. The minimum Gasteiger partial charge on any atom is -0.391 e. The van der Waals surface area contributed by atoms with Gasteiger partial charge in [-0.2, -0.15) is 0 Å². The van der Waals surface area contributed by atoms with Gasteiger partial charge in [0, 0.05) is 32.0 Å². The quantitative estimate of drug-likeness (QED) is 0.779. The average Bonchev–Trinajstić information content (AvgIpc) is 2.90. The zero-order chi connectivity index (χ0) is 14.7. The second-order valence-electron chi connectivity index (χ2n) is 6.23. The van der Waals surface area contributed by atoms with E-state index >= 15 is 0 Å². The third kappa shape index (κ3) is 3.44. The van der Waals surface area contributed by atoms with Gasteiger partial charge in [-0.15, -0.1) is 0 Å². The second-order valence-corrected chi connectivity index (χ2v) is 6.23. The lowest BCUT2D eigenvalue weighted by Gasteiger charge is -2.20. The van der Waals surface area contributed by atoms with E-state index in [1.807, 2.05) is 0 Å². The molecule has 3 N–H and O–H groups in total. The molecule has 0 unspecified atom stereocenters. The number of rotatable bonds is 4. The van der Waals surface area contributed by atoms with Gasteiger partial charge in [0.05, 0.1) is 6.10 Å². The number of carbonyl (C=O) groups excluding carboxylic acids is 1. The first-order valence-corrected chi connectivity index (χ1v) is 7.99. The molecule has 0 aromatic heterocycles. The molecule has 1 aliphatic heterocycles. The van der Waals surface area contributed by atoms with Gasteiger partial charge in [0.2, 0.25) is 5.91 Å². The topological polar surface area (TPSA) is 61.4 Å². The van der Waals surface area contributed by atoms with Crippen LogP contribution in [-0.2, 0) is 24.2 Å². The molecule has 1 aromatic carbocycles. The molecule has 21 heavy (non-hydrogen) atoms. The molecule has 2 atom stereocenters. The largest absolute Gasteiger partial charge is 0.391 e. The summed E-state index contributed by atoms with van der Waals surface area (Å²) in [6.07, 6.45) is 4.83. The third-order valence-electron chi connectivity index (χ3n) is 4.72. The Morgan fingerprint density at radius 2 is 2.14 bits per heavy atom. The van der Waals surface area contributed by atoms with Crippen molar-refractivity contribution in [2.45, 2.75) is 44.8 Å². The third-order valence-corrected chi connectivity index (χ3v) is 4.72. The zero-order valence-electron chi connectivity index (χ0n) is 12.4. The Morgan fingerprint density at radius 3 is 2.95 bits per heavy atom. The lowest BCUT2D eigenvalue weighted by Crippen LogP contribution is -2.29. The molecule has 1 aromatic rings. The van der Waals surface area contributed by atoms with Gasteiger partial charge in [0.25, 0.3) is 0 Å². The Bertz CT molecular complexity index is 516. The van der Waals surface area contributed by atoms with Crippen LogP contribution in [0, 0.1) is 5.92 Å². The van der Waals surface area contributed by atoms with Crippen molar-refractivity contribution in [1.29, 1.82) is 0 Å². The highest BCUT2D eigenvalue weighted by molar-refractivity contribution is 5.76. The van der Waals surface area contributed by atoms with Crippen molar-refractivity contribution in [3.8, 4) is 0 Å². The molecule has 1 amide bonds. The molecule has 0 bridgehead atoms. The van der Waals surface area contributed by atoms with Crippen molar-refractivity contribution in [1.82, 2.24) is 10.6 Å². The maximum atomic E-state index is 12.0. The number of carbonyl (C=O) groups is 1. The Balaban J connectivity index is 1.56. The number of β-amino-alcohol motifs (C(OH)–C–C–N with tert-alkyl or cyclic N) is 1. The maximum Gasteiger partial charge on any atom is 0.220 e. The summed E-state index contributed by atoms with van der Waals surface area (Å²) >= 11 is 0. The van der Waals surface area contributed by atoms with Crippen molar-refractivity contribution in [3.63, 3.8) is 0 Å². The number of aryl methyl sites for hydroxylation is 1. The first-order chi connectivity index (χ1) is 10.2. The summed E-state index contributed by atoms with van der Waals surface area (Å²) in [6, 6.07) is 6.42. The predicted octanol–water partition coefficient (Wildman–Crippen LogP) is 1.15. The van der Waals surface area contributed by atoms with E-state index < -0.39 is 0 Å². The molecule has 114 valence electrons. The van der Waals surface area contributed by atoms with Crippen LogP contribution in [0.25, 0.3) is 0 Å². The summed E-state index contributed by atoms with van der Waals surface area (Å²) in [7, 11) is 0. The normalized spacial score (nSPS) is 24.6. The minimum atomic E-state index is -0.389. The molecule has 1 fully saturated rings. The molecule has 1 aliphatic carbocycles. The first-order valence-electron chi connectivity index (χ1n) is 7.99. The van der Waals surface area contributed by atoms with Crippen molar-refractivity contribution in [2.75, 3.05) is 13.1 Å².